The van der Waals surface area contributed by atoms with E-state index in [-0.39, 0.29) is 0 Å². The zero-order valence-electron chi connectivity index (χ0n) is 10.4. The van der Waals surface area contributed by atoms with Crippen molar-refractivity contribution in [3.63, 3.8) is 0 Å². The Morgan fingerprint density at radius 1 is 1.47 bits per heavy atom. The molecular weight excluding hydrogens is 230 g/mol. The van der Waals surface area contributed by atoms with E-state index >= 15 is 0 Å². The molecule has 0 aliphatic heterocycles. The van der Waals surface area contributed by atoms with Crippen molar-refractivity contribution in [1.82, 2.24) is 14.9 Å². The number of rotatable bonds is 6. The second-order valence-corrected chi connectivity index (χ2v) is 4.99. The van der Waals surface area contributed by atoms with Gasteiger partial charge in [-0.2, -0.15) is 0 Å². The molecule has 0 radical (unpaired) electrons. The summed E-state index contributed by atoms with van der Waals surface area (Å²) < 4.78 is 2.20. The first kappa shape index (κ1) is 12.3. The van der Waals surface area contributed by atoms with Crippen LogP contribution in [-0.2, 0) is 13.1 Å². The second kappa shape index (κ2) is 5.98. The predicted molar refractivity (Wildman–Crippen MR) is 72.1 cm³/mol. The van der Waals surface area contributed by atoms with E-state index in [2.05, 4.69) is 47.2 Å². The van der Waals surface area contributed by atoms with E-state index in [4.69, 9.17) is 0 Å². The van der Waals surface area contributed by atoms with Crippen molar-refractivity contribution in [3.8, 4) is 0 Å². The molecule has 0 bridgehead atoms. The molecule has 1 atom stereocenters. The third-order valence-corrected chi connectivity index (χ3v) is 3.78. The first-order valence-electron chi connectivity index (χ1n) is 6.11. The molecule has 0 aromatic carbocycles. The van der Waals surface area contributed by atoms with Crippen LogP contribution in [0.1, 0.15) is 36.9 Å². The standard InChI is InChI=1S/C13H19N3S/c1-3-12(13-14-6-8-17-13)15-9-11-5-7-16(4-2)10-11/h5-8,10,12,15H,3-4,9H2,1-2H3. The van der Waals surface area contributed by atoms with Crippen LogP contribution < -0.4 is 5.32 Å². The van der Waals surface area contributed by atoms with Crippen LogP contribution in [0.4, 0.5) is 0 Å². The van der Waals surface area contributed by atoms with Crippen LogP contribution in [0.25, 0.3) is 0 Å². The van der Waals surface area contributed by atoms with E-state index in [1.807, 2.05) is 11.6 Å². The van der Waals surface area contributed by atoms with Gasteiger partial charge in [-0.15, -0.1) is 11.3 Å². The van der Waals surface area contributed by atoms with Crippen molar-refractivity contribution in [2.75, 3.05) is 0 Å². The summed E-state index contributed by atoms with van der Waals surface area (Å²) >= 11 is 1.72. The SMILES string of the molecule is CCC(NCc1ccn(CC)c1)c1nccs1. The summed E-state index contributed by atoms with van der Waals surface area (Å²) in [6.07, 6.45) is 7.27. The highest BCUT2D eigenvalue weighted by atomic mass is 32.1. The average molecular weight is 249 g/mol. The lowest BCUT2D eigenvalue weighted by Crippen LogP contribution is -2.19. The number of hydrogen-bond acceptors (Lipinski definition) is 3. The lowest BCUT2D eigenvalue weighted by Gasteiger charge is -2.13. The van der Waals surface area contributed by atoms with Gasteiger partial charge >= 0.3 is 0 Å². The average Bonchev–Trinajstić information content (AvgIpc) is 3.00. The molecule has 17 heavy (non-hydrogen) atoms. The van der Waals surface area contributed by atoms with Crippen LogP contribution in [0.5, 0.6) is 0 Å². The first-order valence-corrected chi connectivity index (χ1v) is 6.98. The van der Waals surface area contributed by atoms with Crippen molar-refractivity contribution in [2.24, 2.45) is 0 Å². The molecule has 1 N–H and O–H groups in total. The van der Waals surface area contributed by atoms with Gasteiger partial charge in [0, 0.05) is 37.1 Å². The van der Waals surface area contributed by atoms with E-state index < -0.39 is 0 Å². The topological polar surface area (TPSA) is 29.9 Å². The van der Waals surface area contributed by atoms with Gasteiger partial charge in [-0.3, -0.25) is 0 Å². The summed E-state index contributed by atoms with van der Waals surface area (Å²) in [6, 6.07) is 2.55. The summed E-state index contributed by atoms with van der Waals surface area (Å²) in [5, 5.41) is 6.78. The Bertz CT molecular complexity index is 433. The zero-order valence-corrected chi connectivity index (χ0v) is 11.2. The van der Waals surface area contributed by atoms with Crippen LogP contribution in [0, 0.1) is 0 Å². The van der Waals surface area contributed by atoms with Gasteiger partial charge in [0.1, 0.15) is 5.01 Å². The van der Waals surface area contributed by atoms with E-state index in [1.54, 1.807) is 11.3 Å². The van der Waals surface area contributed by atoms with Crippen molar-refractivity contribution >= 4 is 11.3 Å². The molecule has 0 amide bonds. The summed E-state index contributed by atoms with van der Waals surface area (Å²) in [6.45, 7) is 6.28. The van der Waals surface area contributed by atoms with Gasteiger partial charge in [0.15, 0.2) is 0 Å². The van der Waals surface area contributed by atoms with Crippen LogP contribution >= 0.6 is 11.3 Å². The summed E-state index contributed by atoms with van der Waals surface area (Å²) in [7, 11) is 0. The van der Waals surface area contributed by atoms with Gasteiger partial charge in [-0.1, -0.05) is 6.92 Å². The Kier molecular flexibility index (Phi) is 4.34. The van der Waals surface area contributed by atoms with E-state index in [1.165, 1.54) is 10.6 Å². The van der Waals surface area contributed by atoms with Gasteiger partial charge in [-0.05, 0) is 25.0 Å². The molecular formula is C13H19N3S. The Morgan fingerprint density at radius 3 is 2.94 bits per heavy atom. The van der Waals surface area contributed by atoms with Crippen LogP contribution in [0.15, 0.2) is 30.0 Å². The number of aromatic nitrogens is 2. The highest BCUT2D eigenvalue weighted by Gasteiger charge is 2.10. The quantitative estimate of drug-likeness (QED) is 0.852. The van der Waals surface area contributed by atoms with Crippen LogP contribution in [0.3, 0.4) is 0 Å². The minimum absolute atomic E-state index is 0.375. The Morgan fingerprint density at radius 2 is 2.35 bits per heavy atom. The smallest absolute Gasteiger partial charge is 0.109 e. The Labute approximate surface area is 107 Å². The molecule has 4 heteroatoms. The normalized spacial score (nSPS) is 12.8. The maximum Gasteiger partial charge on any atom is 0.109 e. The maximum absolute atomic E-state index is 4.37. The number of nitrogens with one attached hydrogen (secondary N) is 1. The molecule has 2 rings (SSSR count). The van der Waals surface area contributed by atoms with Gasteiger partial charge in [0.25, 0.3) is 0 Å². The van der Waals surface area contributed by atoms with Crippen LogP contribution in [-0.4, -0.2) is 9.55 Å². The Hall–Kier alpha value is -1.13. The van der Waals surface area contributed by atoms with Crippen molar-refractivity contribution in [2.45, 2.75) is 39.4 Å². The second-order valence-electron chi connectivity index (χ2n) is 4.06. The maximum atomic E-state index is 4.37. The molecule has 0 aliphatic carbocycles. The van der Waals surface area contributed by atoms with Gasteiger partial charge in [-0.25, -0.2) is 4.98 Å². The zero-order chi connectivity index (χ0) is 12.1. The fraction of sp³-hybridized carbons (Fsp3) is 0.462. The van der Waals surface area contributed by atoms with Gasteiger partial charge in [0.05, 0.1) is 6.04 Å². The highest BCUT2D eigenvalue weighted by Crippen LogP contribution is 2.19. The summed E-state index contributed by atoms with van der Waals surface area (Å²) in [4.78, 5) is 4.37. The molecule has 0 aliphatic rings. The number of nitrogens with zero attached hydrogens (tertiary/aromatic N) is 2. The van der Waals surface area contributed by atoms with Crippen LogP contribution in [0.2, 0.25) is 0 Å². The van der Waals surface area contributed by atoms with Crippen molar-refractivity contribution < 1.29 is 0 Å². The summed E-state index contributed by atoms with van der Waals surface area (Å²) in [5.74, 6) is 0. The monoisotopic (exact) mass is 249 g/mol. The van der Waals surface area contributed by atoms with Gasteiger partial charge in [0.2, 0.25) is 0 Å². The lowest BCUT2D eigenvalue weighted by molar-refractivity contribution is 0.516. The third kappa shape index (κ3) is 3.17. The van der Waals surface area contributed by atoms with E-state index in [0.29, 0.717) is 6.04 Å². The molecule has 0 saturated heterocycles. The number of hydrogen-bond donors (Lipinski definition) is 1. The molecule has 0 fully saturated rings. The number of aryl methyl sites for hydroxylation is 1. The minimum Gasteiger partial charge on any atom is -0.354 e. The first-order chi connectivity index (χ1) is 8.33. The summed E-state index contributed by atoms with van der Waals surface area (Å²) in [5.41, 5.74) is 1.34. The van der Waals surface area contributed by atoms with Crippen molar-refractivity contribution in [1.29, 1.82) is 0 Å². The number of thiazole rings is 1. The predicted octanol–water partition coefficient (Wildman–Crippen LogP) is 3.21. The molecule has 2 heterocycles. The minimum atomic E-state index is 0.375. The molecule has 1 unspecified atom stereocenters. The van der Waals surface area contributed by atoms with E-state index in [0.717, 1.165) is 19.5 Å². The largest absolute Gasteiger partial charge is 0.354 e. The fourth-order valence-corrected chi connectivity index (χ4v) is 2.64. The van der Waals surface area contributed by atoms with E-state index in [9.17, 15) is 0 Å². The molecule has 0 spiro atoms. The van der Waals surface area contributed by atoms with Gasteiger partial charge < -0.3 is 9.88 Å². The fourth-order valence-electron chi connectivity index (χ4n) is 1.85. The molecule has 3 nitrogen and oxygen atoms in total. The molecule has 0 saturated carbocycles. The third-order valence-electron chi connectivity index (χ3n) is 2.89. The highest BCUT2D eigenvalue weighted by molar-refractivity contribution is 7.09. The van der Waals surface area contributed by atoms with Crippen molar-refractivity contribution in [3.05, 3.63) is 40.6 Å². The Balaban J connectivity index is 1.92. The lowest BCUT2D eigenvalue weighted by atomic mass is 10.2. The molecule has 92 valence electrons. The molecule has 2 aromatic rings. The molecule has 2 aromatic heterocycles.